The maximum Gasteiger partial charge on any atom is 0.277 e. The van der Waals surface area contributed by atoms with Gasteiger partial charge in [-0.3, -0.25) is 0 Å². The topological polar surface area (TPSA) is 96.3 Å². The molecule has 0 spiro atoms. The van der Waals surface area contributed by atoms with Crippen LogP contribution in [0.3, 0.4) is 0 Å². The zero-order valence-electron chi connectivity index (χ0n) is 13.5. The summed E-state index contributed by atoms with van der Waals surface area (Å²) in [5, 5.41) is 16.4. The Morgan fingerprint density at radius 1 is 0.958 bits per heavy atom. The highest BCUT2D eigenvalue weighted by Crippen LogP contribution is 2.32. The predicted octanol–water partition coefficient (Wildman–Crippen LogP) is 2.99. The first-order valence-corrected chi connectivity index (χ1v) is 8.22. The number of ether oxygens (including phenoxy) is 2. The van der Waals surface area contributed by atoms with Gasteiger partial charge in [0.1, 0.15) is 0 Å². The molecule has 0 bridgehead atoms. The van der Waals surface area contributed by atoms with Crippen molar-refractivity contribution in [2.45, 2.75) is 24.3 Å². The first-order valence-electron chi connectivity index (χ1n) is 7.23. The van der Waals surface area contributed by atoms with Gasteiger partial charge in [0.05, 0.1) is 20.0 Å². The van der Waals surface area contributed by atoms with Crippen molar-refractivity contribution in [1.82, 2.24) is 20.4 Å². The Labute approximate surface area is 142 Å². The lowest BCUT2D eigenvalue weighted by atomic mass is 10.2. The van der Waals surface area contributed by atoms with Crippen molar-refractivity contribution in [2.24, 2.45) is 0 Å². The van der Waals surface area contributed by atoms with Crippen LogP contribution in [0.4, 0.5) is 0 Å². The SMILES string of the molecule is CCc1nnc(SCc2nnc(-c3ccc(OC)c(OC)c3)o2)o1. The Kier molecular flexibility index (Phi) is 4.99. The molecule has 2 aromatic heterocycles. The van der Waals surface area contributed by atoms with E-state index in [9.17, 15) is 0 Å². The van der Waals surface area contributed by atoms with Gasteiger partial charge in [-0.25, -0.2) is 0 Å². The number of rotatable bonds is 7. The van der Waals surface area contributed by atoms with Crippen LogP contribution in [0.15, 0.2) is 32.3 Å². The van der Waals surface area contributed by atoms with Gasteiger partial charge < -0.3 is 18.3 Å². The first-order chi connectivity index (χ1) is 11.7. The Balaban J connectivity index is 1.71. The highest BCUT2D eigenvalue weighted by Gasteiger charge is 2.13. The van der Waals surface area contributed by atoms with E-state index in [1.54, 1.807) is 26.4 Å². The van der Waals surface area contributed by atoms with Gasteiger partial charge >= 0.3 is 0 Å². The summed E-state index contributed by atoms with van der Waals surface area (Å²) in [7, 11) is 3.16. The van der Waals surface area contributed by atoms with Gasteiger partial charge in [-0.15, -0.1) is 20.4 Å². The summed E-state index contributed by atoms with van der Waals surface area (Å²) in [6, 6.07) is 5.41. The number of hydrogen-bond donors (Lipinski definition) is 0. The highest BCUT2D eigenvalue weighted by molar-refractivity contribution is 7.98. The lowest BCUT2D eigenvalue weighted by molar-refractivity contribution is 0.355. The Bertz CT molecular complexity index is 817. The van der Waals surface area contributed by atoms with Crippen molar-refractivity contribution >= 4 is 11.8 Å². The van der Waals surface area contributed by atoms with E-state index in [2.05, 4.69) is 20.4 Å². The number of hydrogen-bond acceptors (Lipinski definition) is 9. The predicted molar refractivity (Wildman–Crippen MR) is 86.1 cm³/mol. The van der Waals surface area contributed by atoms with Gasteiger partial charge in [0.15, 0.2) is 11.5 Å². The number of thioether (sulfide) groups is 1. The molecule has 3 rings (SSSR count). The molecular formula is C15H16N4O4S. The monoisotopic (exact) mass is 348 g/mol. The molecule has 0 atom stereocenters. The highest BCUT2D eigenvalue weighted by atomic mass is 32.2. The Morgan fingerprint density at radius 3 is 2.46 bits per heavy atom. The largest absolute Gasteiger partial charge is 0.493 e. The molecule has 1 aromatic carbocycles. The van der Waals surface area contributed by atoms with Crippen LogP contribution in [0.2, 0.25) is 0 Å². The van der Waals surface area contributed by atoms with Gasteiger partial charge in [-0.05, 0) is 18.2 Å². The quantitative estimate of drug-likeness (QED) is 0.597. The standard InChI is InChI=1S/C15H16N4O4S/c1-4-12-16-19-15(23-12)24-8-13-17-18-14(22-13)9-5-6-10(20-2)11(7-9)21-3/h5-7H,4,8H2,1-3H3. The van der Waals surface area contributed by atoms with Crippen LogP contribution >= 0.6 is 11.8 Å². The fourth-order valence-corrected chi connectivity index (χ4v) is 2.58. The maximum atomic E-state index is 5.67. The van der Waals surface area contributed by atoms with Crippen molar-refractivity contribution in [2.75, 3.05) is 14.2 Å². The second kappa shape index (κ2) is 7.35. The average Bonchev–Trinajstić information content (AvgIpc) is 3.28. The maximum absolute atomic E-state index is 5.67. The summed E-state index contributed by atoms with van der Waals surface area (Å²) in [6.07, 6.45) is 0.706. The third-order valence-corrected chi connectivity index (χ3v) is 3.97. The van der Waals surface area contributed by atoms with Crippen LogP contribution in [-0.4, -0.2) is 34.6 Å². The van der Waals surface area contributed by atoms with Gasteiger partial charge in [0.25, 0.3) is 5.22 Å². The molecule has 0 aliphatic rings. The van der Waals surface area contributed by atoms with Gasteiger partial charge in [-0.1, -0.05) is 18.7 Å². The Hall–Kier alpha value is -2.55. The zero-order valence-corrected chi connectivity index (χ0v) is 14.3. The number of nitrogens with zero attached hydrogens (tertiary/aromatic N) is 4. The molecule has 2 heterocycles. The van der Waals surface area contributed by atoms with Crippen LogP contribution < -0.4 is 9.47 Å². The molecule has 0 aliphatic carbocycles. The smallest absolute Gasteiger partial charge is 0.277 e. The molecular weight excluding hydrogens is 332 g/mol. The van der Waals surface area contributed by atoms with E-state index >= 15 is 0 Å². The van der Waals surface area contributed by atoms with Crippen LogP contribution in [0.25, 0.3) is 11.5 Å². The van der Waals surface area contributed by atoms with Gasteiger partial charge in [0, 0.05) is 12.0 Å². The lowest BCUT2D eigenvalue weighted by Crippen LogP contribution is -1.90. The molecule has 24 heavy (non-hydrogen) atoms. The number of benzene rings is 1. The van der Waals surface area contributed by atoms with Crippen LogP contribution in [0.5, 0.6) is 11.5 Å². The molecule has 0 fully saturated rings. The van der Waals surface area contributed by atoms with E-state index < -0.39 is 0 Å². The van der Waals surface area contributed by atoms with E-state index in [1.807, 2.05) is 13.0 Å². The van der Waals surface area contributed by atoms with Crippen molar-refractivity contribution in [3.63, 3.8) is 0 Å². The molecule has 0 saturated heterocycles. The van der Waals surface area contributed by atoms with E-state index in [0.29, 0.717) is 46.6 Å². The zero-order chi connectivity index (χ0) is 16.9. The van der Waals surface area contributed by atoms with Crippen molar-refractivity contribution in [3.8, 4) is 23.0 Å². The summed E-state index contributed by atoms with van der Waals surface area (Å²) in [6.45, 7) is 1.95. The molecule has 0 unspecified atom stereocenters. The normalized spacial score (nSPS) is 10.8. The molecule has 9 heteroatoms. The van der Waals surface area contributed by atoms with Crippen LogP contribution in [0.1, 0.15) is 18.7 Å². The molecule has 0 saturated carbocycles. The van der Waals surface area contributed by atoms with E-state index in [1.165, 1.54) is 11.8 Å². The molecule has 0 radical (unpaired) electrons. The second-order valence-electron chi connectivity index (χ2n) is 4.67. The van der Waals surface area contributed by atoms with Crippen LogP contribution in [0, 0.1) is 0 Å². The number of methoxy groups -OCH3 is 2. The molecule has 3 aromatic rings. The Morgan fingerprint density at radius 2 is 1.75 bits per heavy atom. The third-order valence-electron chi connectivity index (χ3n) is 3.17. The number of aryl methyl sites for hydroxylation is 1. The molecule has 0 N–H and O–H groups in total. The second-order valence-corrected chi connectivity index (χ2v) is 5.60. The van der Waals surface area contributed by atoms with Crippen molar-refractivity contribution in [3.05, 3.63) is 30.0 Å². The summed E-state index contributed by atoms with van der Waals surface area (Å²) in [4.78, 5) is 0. The van der Waals surface area contributed by atoms with Gasteiger partial charge in [-0.2, -0.15) is 0 Å². The summed E-state index contributed by atoms with van der Waals surface area (Å²) >= 11 is 1.35. The van der Waals surface area contributed by atoms with E-state index in [0.717, 1.165) is 5.56 Å². The minimum atomic E-state index is 0.409. The van der Waals surface area contributed by atoms with Gasteiger partial charge in [0.2, 0.25) is 17.7 Å². The van der Waals surface area contributed by atoms with E-state index in [-0.39, 0.29) is 0 Å². The molecule has 0 amide bonds. The first kappa shape index (κ1) is 16.3. The van der Waals surface area contributed by atoms with Crippen molar-refractivity contribution in [1.29, 1.82) is 0 Å². The molecule has 0 aliphatic heterocycles. The van der Waals surface area contributed by atoms with E-state index in [4.69, 9.17) is 18.3 Å². The molecule has 8 nitrogen and oxygen atoms in total. The van der Waals surface area contributed by atoms with Crippen LogP contribution in [-0.2, 0) is 12.2 Å². The fraction of sp³-hybridized carbons (Fsp3) is 0.333. The summed E-state index contributed by atoms with van der Waals surface area (Å²) in [5.74, 6) is 3.18. The summed E-state index contributed by atoms with van der Waals surface area (Å²) < 4.78 is 21.6. The van der Waals surface area contributed by atoms with Crippen molar-refractivity contribution < 1.29 is 18.3 Å². The minimum absolute atomic E-state index is 0.409. The number of aromatic nitrogens is 4. The lowest BCUT2D eigenvalue weighted by Gasteiger charge is -2.07. The fourth-order valence-electron chi connectivity index (χ4n) is 1.96. The minimum Gasteiger partial charge on any atom is -0.493 e. The summed E-state index contributed by atoms with van der Waals surface area (Å²) in [5.41, 5.74) is 0.752. The average molecular weight is 348 g/mol. The molecule has 126 valence electrons. The third kappa shape index (κ3) is 3.51.